The number of fused-ring (bicyclic) bond motifs is 2. The third-order valence-corrected chi connectivity index (χ3v) is 7.91. The number of nitrogens with one attached hydrogen (secondary N) is 2. The third-order valence-electron chi connectivity index (χ3n) is 6.07. The molecular formula is C19H35IN4O2S. The molecule has 8 heteroatoms. The fraction of sp³-hybridized carbons (Fsp3) is 0.842. The SMILES string of the molecule is C=C(C)CN=C(NCC1CCS(=O)(=O)C1)NC1CC2CCCC(C1)N2C.I. The molecule has 3 aliphatic heterocycles. The molecule has 0 radical (unpaired) electrons. The monoisotopic (exact) mass is 510 g/mol. The summed E-state index contributed by atoms with van der Waals surface area (Å²) in [7, 11) is -0.569. The minimum Gasteiger partial charge on any atom is -0.356 e. The lowest BCUT2D eigenvalue weighted by Gasteiger charge is -2.47. The highest BCUT2D eigenvalue weighted by molar-refractivity contribution is 14.0. The van der Waals surface area contributed by atoms with Gasteiger partial charge in [-0.1, -0.05) is 18.6 Å². The van der Waals surface area contributed by atoms with E-state index < -0.39 is 9.84 Å². The average Bonchev–Trinajstić information content (AvgIpc) is 2.90. The first-order valence-corrected chi connectivity index (χ1v) is 11.8. The number of guanidine groups is 1. The van der Waals surface area contributed by atoms with Crippen molar-refractivity contribution in [2.75, 3.05) is 31.6 Å². The summed E-state index contributed by atoms with van der Waals surface area (Å²) in [5, 5.41) is 7.03. The van der Waals surface area contributed by atoms with Crippen LogP contribution in [-0.4, -0.2) is 69.0 Å². The highest BCUT2D eigenvalue weighted by Crippen LogP contribution is 2.32. The number of halogens is 1. The van der Waals surface area contributed by atoms with Gasteiger partial charge < -0.3 is 15.5 Å². The largest absolute Gasteiger partial charge is 0.356 e. The van der Waals surface area contributed by atoms with Crippen LogP contribution in [0.2, 0.25) is 0 Å². The molecular weight excluding hydrogens is 475 g/mol. The highest BCUT2D eigenvalue weighted by Gasteiger charge is 2.36. The summed E-state index contributed by atoms with van der Waals surface area (Å²) in [4.78, 5) is 7.22. The summed E-state index contributed by atoms with van der Waals surface area (Å²) in [6.07, 6.45) is 6.98. The second-order valence-corrected chi connectivity index (χ2v) is 10.7. The van der Waals surface area contributed by atoms with E-state index in [-0.39, 0.29) is 29.9 Å². The predicted octanol–water partition coefficient (Wildman–Crippen LogP) is 2.17. The van der Waals surface area contributed by atoms with E-state index in [9.17, 15) is 8.42 Å². The standard InChI is InChI=1S/C19H34N4O2S.HI/c1-14(2)11-20-19(21-12-15-7-8-26(24,25)13-15)22-16-9-17-5-4-6-18(10-16)23(17)3;/h15-18H,1,4-13H2,2-3H3,(H2,20,21,22);1H. The maximum atomic E-state index is 11.7. The van der Waals surface area contributed by atoms with Crippen molar-refractivity contribution in [3.8, 4) is 0 Å². The Labute approximate surface area is 181 Å². The van der Waals surface area contributed by atoms with Crippen LogP contribution in [0.5, 0.6) is 0 Å². The lowest BCUT2D eigenvalue weighted by molar-refractivity contribution is 0.0526. The van der Waals surface area contributed by atoms with Crippen LogP contribution in [0.4, 0.5) is 0 Å². The molecule has 6 nitrogen and oxygen atoms in total. The van der Waals surface area contributed by atoms with Crippen LogP contribution >= 0.6 is 24.0 Å². The van der Waals surface area contributed by atoms with E-state index in [4.69, 9.17) is 0 Å². The second-order valence-electron chi connectivity index (χ2n) is 8.49. The lowest BCUT2D eigenvalue weighted by Crippen LogP contribution is -2.57. The van der Waals surface area contributed by atoms with Crippen molar-refractivity contribution >= 4 is 39.8 Å². The fourth-order valence-electron chi connectivity index (χ4n) is 4.57. The van der Waals surface area contributed by atoms with Crippen LogP contribution in [-0.2, 0) is 9.84 Å². The Kier molecular flexibility index (Phi) is 8.42. The average molecular weight is 510 g/mol. The maximum Gasteiger partial charge on any atom is 0.191 e. The van der Waals surface area contributed by atoms with Crippen LogP contribution in [0.15, 0.2) is 17.1 Å². The van der Waals surface area contributed by atoms with Gasteiger partial charge in [0, 0.05) is 24.7 Å². The molecule has 3 fully saturated rings. The Morgan fingerprint density at radius 1 is 1.22 bits per heavy atom. The van der Waals surface area contributed by atoms with Crippen molar-refractivity contribution in [1.29, 1.82) is 0 Å². The lowest BCUT2D eigenvalue weighted by atomic mass is 9.82. The Bertz CT molecular complexity index is 638. The molecule has 0 aromatic carbocycles. The highest BCUT2D eigenvalue weighted by atomic mass is 127. The van der Waals surface area contributed by atoms with Gasteiger partial charge >= 0.3 is 0 Å². The fourth-order valence-corrected chi connectivity index (χ4v) is 6.43. The Balaban J connectivity index is 0.00000261. The summed E-state index contributed by atoms with van der Waals surface area (Å²) >= 11 is 0. The first-order chi connectivity index (χ1) is 12.3. The third kappa shape index (κ3) is 6.59. The van der Waals surface area contributed by atoms with Crippen molar-refractivity contribution in [3.63, 3.8) is 0 Å². The first kappa shape index (κ1) is 22.9. The van der Waals surface area contributed by atoms with E-state index in [0.717, 1.165) is 30.8 Å². The molecule has 3 aliphatic rings. The molecule has 0 saturated carbocycles. The number of aliphatic imine (C=N–C) groups is 1. The molecule has 3 saturated heterocycles. The number of nitrogens with zero attached hydrogens (tertiary/aromatic N) is 2. The maximum absolute atomic E-state index is 11.7. The van der Waals surface area contributed by atoms with Gasteiger partial charge in [-0.2, -0.15) is 0 Å². The van der Waals surface area contributed by atoms with Gasteiger partial charge in [0.15, 0.2) is 15.8 Å². The van der Waals surface area contributed by atoms with Gasteiger partial charge in [-0.15, -0.1) is 24.0 Å². The van der Waals surface area contributed by atoms with Crippen LogP contribution in [0.1, 0.15) is 45.4 Å². The molecule has 0 aromatic heterocycles. The van der Waals surface area contributed by atoms with Crippen molar-refractivity contribution in [2.24, 2.45) is 10.9 Å². The van der Waals surface area contributed by atoms with Gasteiger partial charge in [0.05, 0.1) is 18.1 Å². The second kappa shape index (κ2) is 9.91. The van der Waals surface area contributed by atoms with E-state index in [1.54, 1.807) is 0 Å². The van der Waals surface area contributed by atoms with Crippen LogP contribution in [0.25, 0.3) is 0 Å². The van der Waals surface area contributed by atoms with Crippen molar-refractivity contribution in [2.45, 2.75) is 63.6 Å². The van der Waals surface area contributed by atoms with E-state index >= 15 is 0 Å². The number of piperidine rings is 2. The first-order valence-electron chi connectivity index (χ1n) is 9.94. The minimum absolute atomic E-state index is 0. The number of hydrogen-bond acceptors (Lipinski definition) is 4. The number of sulfone groups is 1. The predicted molar refractivity (Wildman–Crippen MR) is 123 cm³/mol. The van der Waals surface area contributed by atoms with E-state index in [1.165, 1.54) is 19.3 Å². The zero-order valence-electron chi connectivity index (χ0n) is 16.6. The molecule has 27 heavy (non-hydrogen) atoms. The summed E-state index contributed by atoms with van der Waals surface area (Å²) < 4.78 is 23.3. The number of rotatable bonds is 5. The van der Waals surface area contributed by atoms with E-state index in [1.807, 2.05) is 6.92 Å². The summed E-state index contributed by atoms with van der Waals surface area (Å²) in [5.41, 5.74) is 1.02. The topological polar surface area (TPSA) is 73.8 Å². The molecule has 2 bridgehead atoms. The smallest absolute Gasteiger partial charge is 0.191 e. The summed E-state index contributed by atoms with van der Waals surface area (Å²) in [6, 6.07) is 1.77. The van der Waals surface area contributed by atoms with Crippen LogP contribution in [0, 0.1) is 5.92 Å². The molecule has 0 aliphatic carbocycles. The van der Waals surface area contributed by atoms with E-state index in [2.05, 4.69) is 34.2 Å². The molecule has 3 heterocycles. The molecule has 3 rings (SSSR count). The quantitative estimate of drug-likeness (QED) is 0.257. The zero-order valence-corrected chi connectivity index (χ0v) is 19.8. The number of hydrogen-bond donors (Lipinski definition) is 2. The minimum atomic E-state index is -2.83. The van der Waals surface area contributed by atoms with E-state index in [0.29, 0.717) is 42.7 Å². The van der Waals surface area contributed by atoms with Crippen LogP contribution in [0.3, 0.4) is 0 Å². The van der Waals surface area contributed by atoms with Gasteiger partial charge in [0.25, 0.3) is 0 Å². The van der Waals surface area contributed by atoms with Gasteiger partial charge in [0.2, 0.25) is 0 Å². The zero-order chi connectivity index (χ0) is 18.7. The molecule has 3 unspecified atom stereocenters. The van der Waals surface area contributed by atoms with Gasteiger partial charge in [-0.05, 0) is 52.0 Å². The summed E-state index contributed by atoms with van der Waals surface area (Å²) in [5.74, 6) is 1.62. The Morgan fingerprint density at radius 3 is 2.44 bits per heavy atom. The van der Waals surface area contributed by atoms with Gasteiger partial charge in [0.1, 0.15) is 0 Å². The molecule has 3 atom stereocenters. The molecule has 2 N–H and O–H groups in total. The molecule has 0 aromatic rings. The summed E-state index contributed by atoms with van der Waals surface area (Å²) in [6.45, 7) is 7.18. The van der Waals surface area contributed by atoms with Crippen molar-refractivity contribution in [1.82, 2.24) is 15.5 Å². The van der Waals surface area contributed by atoms with Gasteiger partial charge in [-0.25, -0.2) is 13.4 Å². The van der Waals surface area contributed by atoms with Crippen molar-refractivity contribution < 1.29 is 8.42 Å². The molecule has 156 valence electrons. The molecule has 0 amide bonds. The van der Waals surface area contributed by atoms with Gasteiger partial charge in [-0.3, -0.25) is 0 Å². The normalized spacial score (nSPS) is 33.2. The Hall–Kier alpha value is -0.350. The van der Waals surface area contributed by atoms with Crippen LogP contribution < -0.4 is 10.6 Å². The Morgan fingerprint density at radius 2 is 1.89 bits per heavy atom. The molecule has 0 spiro atoms. The van der Waals surface area contributed by atoms with Crippen molar-refractivity contribution in [3.05, 3.63) is 12.2 Å².